The number of hydrogen-bond acceptors (Lipinski definition) is 2. The smallest absolute Gasteiger partial charge is 0.378 e. The Labute approximate surface area is 108 Å². The number of halogens is 4. The molecule has 0 radical (unpaired) electrons. The van der Waals surface area contributed by atoms with Crippen molar-refractivity contribution in [3.63, 3.8) is 0 Å². The second kappa shape index (κ2) is 4.97. The van der Waals surface area contributed by atoms with E-state index in [9.17, 15) is 13.2 Å². The van der Waals surface area contributed by atoms with Crippen LogP contribution in [0.15, 0.2) is 18.2 Å². The van der Waals surface area contributed by atoms with Gasteiger partial charge >= 0.3 is 6.18 Å². The molecule has 1 saturated heterocycles. The SMILES string of the molecule is CC1OCCC1Nc1c(Cl)cccc1C(F)(F)F. The Morgan fingerprint density at radius 3 is 2.67 bits per heavy atom. The van der Waals surface area contributed by atoms with Gasteiger partial charge in [-0.05, 0) is 25.5 Å². The highest BCUT2D eigenvalue weighted by molar-refractivity contribution is 6.33. The molecule has 0 bridgehead atoms. The summed E-state index contributed by atoms with van der Waals surface area (Å²) in [7, 11) is 0. The molecule has 2 unspecified atom stereocenters. The number of alkyl halides is 3. The Hall–Kier alpha value is -0.940. The van der Waals surface area contributed by atoms with Gasteiger partial charge in [0.25, 0.3) is 0 Å². The van der Waals surface area contributed by atoms with E-state index >= 15 is 0 Å². The van der Waals surface area contributed by atoms with Gasteiger partial charge < -0.3 is 10.1 Å². The lowest BCUT2D eigenvalue weighted by Gasteiger charge is -2.21. The van der Waals surface area contributed by atoms with E-state index in [4.69, 9.17) is 16.3 Å². The first-order valence-electron chi connectivity index (χ1n) is 5.63. The van der Waals surface area contributed by atoms with Gasteiger partial charge in [-0.2, -0.15) is 13.2 Å². The van der Waals surface area contributed by atoms with Crippen LogP contribution in [0.4, 0.5) is 18.9 Å². The third kappa shape index (κ3) is 2.72. The molecular formula is C12H13ClF3NO. The van der Waals surface area contributed by atoms with Crippen molar-refractivity contribution in [1.82, 2.24) is 0 Å². The van der Waals surface area contributed by atoms with Crippen molar-refractivity contribution in [2.45, 2.75) is 31.7 Å². The van der Waals surface area contributed by atoms with Gasteiger partial charge in [0.1, 0.15) is 0 Å². The van der Waals surface area contributed by atoms with Crippen molar-refractivity contribution in [3.8, 4) is 0 Å². The molecule has 1 aliphatic rings. The minimum absolute atomic E-state index is 0.0611. The van der Waals surface area contributed by atoms with Gasteiger partial charge in [-0.15, -0.1) is 0 Å². The standard InChI is InChI=1S/C12H13ClF3NO/c1-7-10(5-6-18-7)17-11-8(12(14,15)16)3-2-4-9(11)13/h2-4,7,10,17H,5-6H2,1H3. The van der Waals surface area contributed by atoms with Gasteiger partial charge in [-0.1, -0.05) is 17.7 Å². The average Bonchev–Trinajstić information content (AvgIpc) is 2.66. The van der Waals surface area contributed by atoms with Crippen LogP contribution in [0, 0.1) is 0 Å². The van der Waals surface area contributed by atoms with Gasteiger partial charge in [0, 0.05) is 6.61 Å². The van der Waals surface area contributed by atoms with Crippen LogP contribution in [0.25, 0.3) is 0 Å². The van der Waals surface area contributed by atoms with Gasteiger partial charge in [0.15, 0.2) is 0 Å². The molecule has 18 heavy (non-hydrogen) atoms. The largest absolute Gasteiger partial charge is 0.418 e. The molecule has 2 atom stereocenters. The number of rotatable bonds is 2. The van der Waals surface area contributed by atoms with Crippen LogP contribution in [0.5, 0.6) is 0 Å². The minimum atomic E-state index is -4.42. The first kappa shape index (κ1) is 13.5. The number of ether oxygens (including phenoxy) is 1. The fraction of sp³-hybridized carbons (Fsp3) is 0.500. The molecule has 0 saturated carbocycles. The molecule has 1 aromatic rings. The van der Waals surface area contributed by atoms with Gasteiger partial charge in [0.2, 0.25) is 0 Å². The van der Waals surface area contributed by atoms with Crippen LogP contribution in [-0.2, 0) is 10.9 Å². The van der Waals surface area contributed by atoms with Crippen molar-refractivity contribution in [2.24, 2.45) is 0 Å². The predicted octanol–water partition coefficient (Wildman–Crippen LogP) is 3.95. The Balaban J connectivity index is 2.31. The van der Waals surface area contributed by atoms with Crippen LogP contribution in [0.2, 0.25) is 5.02 Å². The van der Waals surface area contributed by atoms with E-state index in [1.165, 1.54) is 12.1 Å². The number of anilines is 1. The van der Waals surface area contributed by atoms with Gasteiger partial charge in [-0.25, -0.2) is 0 Å². The van der Waals surface area contributed by atoms with Crippen molar-refractivity contribution < 1.29 is 17.9 Å². The Morgan fingerprint density at radius 2 is 2.11 bits per heavy atom. The summed E-state index contributed by atoms with van der Waals surface area (Å²) in [6.07, 6.45) is -3.87. The molecule has 1 aromatic carbocycles. The topological polar surface area (TPSA) is 21.3 Å². The van der Waals surface area contributed by atoms with E-state index in [1.54, 1.807) is 0 Å². The maximum atomic E-state index is 12.9. The molecule has 2 nitrogen and oxygen atoms in total. The van der Waals surface area contributed by atoms with E-state index in [-0.39, 0.29) is 22.9 Å². The number of benzene rings is 1. The van der Waals surface area contributed by atoms with Crippen LogP contribution >= 0.6 is 11.6 Å². The quantitative estimate of drug-likeness (QED) is 0.885. The molecule has 1 aliphatic heterocycles. The third-order valence-electron chi connectivity index (χ3n) is 3.02. The van der Waals surface area contributed by atoms with E-state index in [2.05, 4.69) is 5.32 Å². The van der Waals surface area contributed by atoms with Gasteiger partial charge in [0.05, 0.1) is 28.4 Å². The van der Waals surface area contributed by atoms with E-state index in [0.29, 0.717) is 13.0 Å². The lowest BCUT2D eigenvalue weighted by molar-refractivity contribution is -0.137. The molecule has 0 aliphatic carbocycles. The molecule has 0 spiro atoms. The molecule has 2 rings (SSSR count). The highest BCUT2D eigenvalue weighted by Gasteiger charge is 2.35. The highest BCUT2D eigenvalue weighted by Crippen LogP contribution is 2.39. The number of hydrogen-bond donors (Lipinski definition) is 1. The fourth-order valence-corrected chi connectivity index (χ4v) is 2.24. The molecule has 1 heterocycles. The lowest BCUT2D eigenvalue weighted by atomic mass is 10.1. The highest BCUT2D eigenvalue weighted by atomic mass is 35.5. The molecule has 0 aromatic heterocycles. The van der Waals surface area contributed by atoms with E-state index < -0.39 is 11.7 Å². The van der Waals surface area contributed by atoms with Crippen molar-refractivity contribution >= 4 is 17.3 Å². The minimum Gasteiger partial charge on any atom is -0.378 e. The molecule has 0 amide bonds. The Morgan fingerprint density at radius 1 is 1.39 bits per heavy atom. The second-order valence-electron chi connectivity index (χ2n) is 4.28. The zero-order valence-corrected chi connectivity index (χ0v) is 10.5. The zero-order chi connectivity index (χ0) is 13.3. The molecule has 1 fully saturated rings. The maximum absolute atomic E-state index is 12.9. The summed E-state index contributed by atoms with van der Waals surface area (Å²) in [6.45, 7) is 2.37. The fourth-order valence-electron chi connectivity index (χ4n) is 2.01. The molecular weight excluding hydrogens is 267 g/mol. The van der Waals surface area contributed by atoms with E-state index in [0.717, 1.165) is 6.07 Å². The van der Waals surface area contributed by atoms with Crippen LogP contribution in [0.1, 0.15) is 18.9 Å². The third-order valence-corrected chi connectivity index (χ3v) is 3.34. The second-order valence-corrected chi connectivity index (χ2v) is 4.68. The molecule has 100 valence electrons. The summed E-state index contributed by atoms with van der Waals surface area (Å²) in [4.78, 5) is 0. The van der Waals surface area contributed by atoms with Crippen LogP contribution in [-0.4, -0.2) is 18.8 Å². The van der Waals surface area contributed by atoms with Gasteiger partial charge in [-0.3, -0.25) is 0 Å². The van der Waals surface area contributed by atoms with Crippen molar-refractivity contribution in [1.29, 1.82) is 0 Å². The first-order chi connectivity index (χ1) is 8.39. The van der Waals surface area contributed by atoms with E-state index in [1.807, 2.05) is 6.92 Å². The van der Waals surface area contributed by atoms with Crippen LogP contribution in [0.3, 0.4) is 0 Å². The summed E-state index contributed by atoms with van der Waals surface area (Å²) in [5.41, 5.74) is -0.803. The number of nitrogens with one attached hydrogen (secondary N) is 1. The summed E-state index contributed by atoms with van der Waals surface area (Å²) >= 11 is 5.86. The molecule has 6 heteroatoms. The molecule has 1 N–H and O–H groups in total. The lowest BCUT2D eigenvalue weighted by Crippen LogP contribution is -2.28. The summed E-state index contributed by atoms with van der Waals surface area (Å²) in [5, 5.41) is 2.93. The first-order valence-corrected chi connectivity index (χ1v) is 6.01. The summed E-state index contributed by atoms with van der Waals surface area (Å²) in [6, 6.07) is 3.62. The average molecular weight is 280 g/mol. The number of para-hydroxylation sites is 1. The Bertz CT molecular complexity index is 436. The van der Waals surface area contributed by atoms with Crippen molar-refractivity contribution in [3.05, 3.63) is 28.8 Å². The normalized spacial score (nSPS) is 24.3. The summed E-state index contributed by atoms with van der Waals surface area (Å²) in [5.74, 6) is 0. The van der Waals surface area contributed by atoms with Crippen molar-refractivity contribution in [2.75, 3.05) is 11.9 Å². The zero-order valence-electron chi connectivity index (χ0n) is 9.72. The van der Waals surface area contributed by atoms with Crippen LogP contribution < -0.4 is 5.32 Å². The summed E-state index contributed by atoms with van der Waals surface area (Å²) < 4.78 is 43.9. The maximum Gasteiger partial charge on any atom is 0.418 e. The Kier molecular flexibility index (Phi) is 3.73. The monoisotopic (exact) mass is 279 g/mol. The predicted molar refractivity (Wildman–Crippen MR) is 63.9 cm³/mol.